The summed E-state index contributed by atoms with van der Waals surface area (Å²) in [4.78, 5) is 30.4. The summed E-state index contributed by atoms with van der Waals surface area (Å²) in [5.41, 5.74) is -0.0161. The summed E-state index contributed by atoms with van der Waals surface area (Å²) >= 11 is 0. The van der Waals surface area contributed by atoms with Crippen molar-refractivity contribution in [1.82, 2.24) is 15.1 Å². The van der Waals surface area contributed by atoms with Gasteiger partial charge in [-0.3, -0.25) is 14.5 Å². The standard InChI is InChI=1S/C36H49BF2N4O4/c1-33(2,43-15-13-36(38,39)23-43)20-26(21-40)32(45)42-14-9-12-25(22-42)17-31(44)41-30(16-24-10-7-6-8-11-24)37-46-29-19-27-18-28(34(27,3)4)35(29,5)47-37/h6-8,10-11,20,25,27-30H,9,12-19,22-23H2,1-5H3,(H,41,44)/t25?,27-,28-,29+,30-,35-/m0/s1. The molecule has 11 heteroatoms. The molecule has 1 unspecified atom stereocenters. The Hall–Kier alpha value is -2.81. The van der Waals surface area contributed by atoms with Crippen LogP contribution >= 0.6 is 0 Å². The zero-order valence-electron chi connectivity index (χ0n) is 28.4. The van der Waals surface area contributed by atoms with Gasteiger partial charge in [-0.1, -0.05) is 44.2 Å². The van der Waals surface area contributed by atoms with Crippen LogP contribution in [-0.4, -0.2) is 84.0 Å². The van der Waals surface area contributed by atoms with E-state index < -0.39 is 31.0 Å². The van der Waals surface area contributed by atoms with Crippen molar-refractivity contribution in [3.63, 3.8) is 0 Å². The van der Waals surface area contributed by atoms with Crippen LogP contribution in [0.1, 0.15) is 78.7 Å². The lowest BCUT2D eigenvalue weighted by molar-refractivity contribution is -0.199. The molecule has 0 radical (unpaired) electrons. The Labute approximate surface area is 278 Å². The highest BCUT2D eigenvalue weighted by Gasteiger charge is 2.68. The zero-order valence-corrected chi connectivity index (χ0v) is 28.4. The van der Waals surface area contributed by atoms with E-state index in [2.05, 4.69) is 26.1 Å². The first-order chi connectivity index (χ1) is 22.1. The summed E-state index contributed by atoms with van der Waals surface area (Å²) in [5, 5.41) is 13.1. The number of piperidine rings is 1. The van der Waals surface area contributed by atoms with Crippen molar-refractivity contribution in [3.8, 4) is 6.07 Å². The minimum Gasteiger partial charge on any atom is -0.404 e. The van der Waals surface area contributed by atoms with Crippen LogP contribution in [-0.2, 0) is 25.3 Å². The van der Waals surface area contributed by atoms with E-state index in [0.29, 0.717) is 37.8 Å². The first kappa shape index (κ1) is 34.1. The number of nitrogens with zero attached hydrogens (tertiary/aromatic N) is 3. The molecular formula is C36H49BF2N4O4. The van der Waals surface area contributed by atoms with Gasteiger partial charge >= 0.3 is 7.12 Å². The molecular weight excluding hydrogens is 601 g/mol. The van der Waals surface area contributed by atoms with E-state index in [4.69, 9.17) is 9.31 Å². The Morgan fingerprint density at radius 3 is 2.60 bits per heavy atom. The molecule has 8 nitrogen and oxygen atoms in total. The average molecular weight is 651 g/mol. The van der Waals surface area contributed by atoms with Gasteiger partial charge in [0.1, 0.15) is 11.6 Å². The molecule has 3 saturated heterocycles. The number of nitrogens with one attached hydrogen (secondary N) is 1. The van der Waals surface area contributed by atoms with Crippen LogP contribution in [0.2, 0.25) is 0 Å². The Balaban J connectivity index is 1.10. The number of rotatable bonds is 9. The maximum atomic E-state index is 13.9. The molecule has 3 aliphatic heterocycles. The number of carbonyl (C=O) groups is 2. The first-order valence-electron chi connectivity index (χ1n) is 17.3. The fraction of sp³-hybridized carbons (Fsp3) is 0.694. The van der Waals surface area contributed by atoms with Crippen LogP contribution in [0.15, 0.2) is 42.0 Å². The minimum absolute atomic E-state index is 0.00619. The highest BCUT2D eigenvalue weighted by Crippen LogP contribution is 2.65. The fourth-order valence-corrected chi connectivity index (χ4v) is 9.08. The lowest BCUT2D eigenvalue weighted by Gasteiger charge is -2.64. The highest BCUT2D eigenvalue weighted by molar-refractivity contribution is 6.48. The largest absolute Gasteiger partial charge is 0.482 e. The third-order valence-electron chi connectivity index (χ3n) is 12.1. The summed E-state index contributed by atoms with van der Waals surface area (Å²) in [6.07, 6.45) is 5.72. The molecule has 2 bridgehead atoms. The summed E-state index contributed by atoms with van der Waals surface area (Å²) in [6.45, 7) is 11.0. The number of benzene rings is 1. The number of hydrogen-bond acceptors (Lipinski definition) is 6. The molecule has 3 aliphatic carbocycles. The van der Waals surface area contributed by atoms with Gasteiger partial charge in [-0.25, -0.2) is 8.78 Å². The summed E-state index contributed by atoms with van der Waals surface area (Å²) < 4.78 is 41.2. The maximum absolute atomic E-state index is 13.9. The van der Waals surface area contributed by atoms with Crippen LogP contribution in [0.5, 0.6) is 0 Å². The predicted octanol–water partition coefficient (Wildman–Crippen LogP) is 5.18. The average Bonchev–Trinajstić information content (AvgIpc) is 3.58. The van der Waals surface area contributed by atoms with Gasteiger partial charge in [0.25, 0.3) is 11.8 Å². The summed E-state index contributed by atoms with van der Waals surface area (Å²) in [5.74, 6) is -2.71. The highest BCUT2D eigenvalue weighted by atomic mass is 19.3. The number of nitriles is 1. The molecule has 7 rings (SSSR count). The molecule has 1 aromatic rings. The third kappa shape index (κ3) is 6.75. The quantitative estimate of drug-likeness (QED) is 0.225. The van der Waals surface area contributed by atoms with Crippen molar-refractivity contribution < 1.29 is 27.7 Å². The van der Waals surface area contributed by atoms with E-state index in [1.54, 1.807) is 23.6 Å². The van der Waals surface area contributed by atoms with Crippen molar-refractivity contribution in [3.05, 3.63) is 47.5 Å². The lowest BCUT2D eigenvalue weighted by Crippen LogP contribution is -2.65. The van der Waals surface area contributed by atoms with E-state index in [0.717, 1.165) is 24.8 Å². The molecule has 1 N–H and O–H groups in total. The number of amides is 2. The molecule has 3 saturated carbocycles. The van der Waals surface area contributed by atoms with E-state index in [1.165, 1.54) is 6.08 Å². The van der Waals surface area contributed by atoms with E-state index in [-0.39, 0.29) is 59.8 Å². The zero-order chi connectivity index (χ0) is 33.8. The number of halogens is 2. The van der Waals surface area contributed by atoms with Crippen LogP contribution in [0.3, 0.4) is 0 Å². The van der Waals surface area contributed by atoms with Crippen molar-refractivity contribution in [2.24, 2.45) is 23.2 Å². The van der Waals surface area contributed by atoms with Gasteiger partial charge in [0.15, 0.2) is 0 Å². The van der Waals surface area contributed by atoms with Crippen LogP contribution in [0.25, 0.3) is 0 Å². The molecule has 6 atom stereocenters. The van der Waals surface area contributed by atoms with Crippen molar-refractivity contribution >= 4 is 18.9 Å². The molecule has 2 amide bonds. The van der Waals surface area contributed by atoms with Crippen molar-refractivity contribution in [2.45, 2.75) is 109 Å². The Morgan fingerprint density at radius 1 is 1.19 bits per heavy atom. The van der Waals surface area contributed by atoms with Gasteiger partial charge in [0.05, 0.1) is 24.2 Å². The summed E-state index contributed by atoms with van der Waals surface area (Å²) in [6, 6.07) is 12.1. The number of hydrogen-bond donors (Lipinski definition) is 1. The van der Waals surface area contributed by atoms with Gasteiger partial charge in [0, 0.05) is 38.0 Å². The second-order valence-corrected chi connectivity index (χ2v) is 16.0. The Morgan fingerprint density at radius 2 is 1.94 bits per heavy atom. The van der Waals surface area contributed by atoms with Crippen LogP contribution < -0.4 is 5.32 Å². The second kappa shape index (κ2) is 12.6. The van der Waals surface area contributed by atoms with Crippen LogP contribution in [0.4, 0.5) is 8.78 Å². The fourth-order valence-electron chi connectivity index (χ4n) is 9.08. The van der Waals surface area contributed by atoms with Gasteiger partial charge in [-0.2, -0.15) is 5.26 Å². The number of likely N-dealkylation sites (tertiary alicyclic amines) is 2. The van der Waals surface area contributed by atoms with Gasteiger partial charge in [-0.15, -0.1) is 0 Å². The van der Waals surface area contributed by atoms with Crippen LogP contribution in [0, 0.1) is 34.5 Å². The van der Waals surface area contributed by atoms with E-state index in [1.807, 2.05) is 36.4 Å². The molecule has 0 spiro atoms. The van der Waals surface area contributed by atoms with Crippen molar-refractivity contribution in [1.29, 1.82) is 5.26 Å². The third-order valence-corrected chi connectivity index (χ3v) is 12.1. The first-order valence-corrected chi connectivity index (χ1v) is 17.3. The van der Waals surface area contributed by atoms with Gasteiger partial charge < -0.3 is 19.5 Å². The van der Waals surface area contributed by atoms with Gasteiger partial charge in [0.2, 0.25) is 5.91 Å². The molecule has 0 aromatic heterocycles. The SMILES string of the molecule is CC1(C)[C@@H]2C[C@H]3OB([C@H](Cc4ccccc4)NC(=O)CC4CCCN(C(=O)C(C#N)=CC(C)(C)N5CCC(F)(F)C5)C4)O[C@@]3(C)[C@H]1C2. The topological polar surface area (TPSA) is 94.9 Å². The van der Waals surface area contributed by atoms with Gasteiger partial charge in [-0.05, 0) is 87.7 Å². The molecule has 3 heterocycles. The second-order valence-electron chi connectivity index (χ2n) is 16.0. The normalized spacial score (nSPS) is 32.3. The maximum Gasteiger partial charge on any atom is 0.482 e. The number of alkyl halides is 2. The monoisotopic (exact) mass is 650 g/mol. The van der Waals surface area contributed by atoms with Crippen molar-refractivity contribution in [2.75, 3.05) is 26.2 Å². The molecule has 1 aromatic carbocycles. The number of carbonyl (C=O) groups excluding carboxylic acids is 2. The molecule has 6 fully saturated rings. The molecule has 47 heavy (non-hydrogen) atoms. The van der Waals surface area contributed by atoms with E-state index >= 15 is 0 Å². The smallest absolute Gasteiger partial charge is 0.404 e. The molecule has 254 valence electrons. The predicted molar refractivity (Wildman–Crippen MR) is 175 cm³/mol. The Kier molecular flexibility index (Phi) is 9.12. The minimum atomic E-state index is -2.77. The summed E-state index contributed by atoms with van der Waals surface area (Å²) in [7, 11) is -0.559. The van der Waals surface area contributed by atoms with E-state index in [9.17, 15) is 23.6 Å². The molecule has 6 aliphatic rings. The Bertz CT molecular complexity index is 1430. The lowest BCUT2D eigenvalue weighted by atomic mass is 9.43.